The second-order valence-electron chi connectivity index (χ2n) is 8.90. The van der Waals surface area contributed by atoms with Crippen molar-refractivity contribution in [3.63, 3.8) is 0 Å². The van der Waals surface area contributed by atoms with E-state index in [0.717, 1.165) is 16.5 Å². The van der Waals surface area contributed by atoms with Gasteiger partial charge in [-0.05, 0) is 48.2 Å². The molecule has 4 aromatic heterocycles. The standard InChI is InChI=1S/C29H23N7O2/c1-18(33-28(37)25-26(30)34-35-15-7-14-32-27(25)35)23-16-19-8-5-12-22(20-9-6-13-31-17-20)24(19)29(38)36(23)21-10-3-2-4-11-21/h2-18H,1H3,(H2,30,34)(H,33,37)/t18-/m0/s1. The lowest BCUT2D eigenvalue weighted by atomic mass is 9.99. The quantitative estimate of drug-likeness (QED) is 0.366. The third-order valence-electron chi connectivity index (χ3n) is 6.50. The molecule has 0 saturated heterocycles. The lowest BCUT2D eigenvalue weighted by molar-refractivity contribution is 0.0941. The van der Waals surface area contributed by atoms with E-state index in [4.69, 9.17) is 5.73 Å². The first kappa shape index (κ1) is 23.1. The first-order chi connectivity index (χ1) is 18.5. The van der Waals surface area contributed by atoms with E-state index in [1.54, 1.807) is 35.4 Å². The fourth-order valence-electron chi connectivity index (χ4n) is 4.77. The van der Waals surface area contributed by atoms with E-state index in [1.807, 2.05) is 73.7 Å². The van der Waals surface area contributed by atoms with Crippen LogP contribution in [0.3, 0.4) is 0 Å². The van der Waals surface area contributed by atoms with E-state index in [-0.39, 0.29) is 16.9 Å². The van der Waals surface area contributed by atoms with Crippen molar-refractivity contribution in [1.82, 2.24) is 29.5 Å². The number of fused-ring (bicyclic) bond motifs is 2. The van der Waals surface area contributed by atoms with Crippen molar-refractivity contribution in [2.45, 2.75) is 13.0 Å². The molecule has 1 atom stereocenters. The SMILES string of the molecule is C[C@H](NC(=O)c1c(N)nn2cccnc12)c1cc2cccc(-c3cccnc3)c2c(=O)n1-c1ccccc1. The predicted octanol–water partition coefficient (Wildman–Crippen LogP) is 4.17. The molecule has 0 aliphatic carbocycles. The van der Waals surface area contributed by atoms with Gasteiger partial charge in [-0.15, -0.1) is 5.10 Å². The number of rotatable bonds is 5. The van der Waals surface area contributed by atoms with Gasteiger partial charge in [-0.25, -0.2) is 9.50 Å². The summed E-state index contributed by atoms with van der Waals surface area (Å²) in [6.45, 7) is 1.83. The molecule has 0 fully saturated rings. The van der Waals surface area contributed by atoms with Crippen LogP contribution in [0, 0.1) is 0 Å². The Morgan fingerprint density at radius 2 is 1.84 bits per heavy atom. The molecule has 9 heteroatoms. The maximum Gasteiger partial charge on any atom is 0.263 e. The molecule has 38 heavy (non-hydrogen) atoms. The highest BCUT2D eigenvalue weighted by Gasteiger charge is 2.24. The van der Waals surface area contributed by atoms with Crippen LogP contribution in [0.15, 0.2) is 102 Å². The number of anilines is 1. The van der Waals surface area contributed by atoms with E-state index in [0.29, 0.717) is 22.4 Å². The molecular formula is C29H23N7O2. The third kappa shape index (κ3) is 3.86. The van der Waals surface area contributed by atoms with Gasteiger partial charge >= 0.3 is 0 Å². The number of nitrogens with zero attached hydrogens (tertiary/aromatic N) is 5. The van der Waals surface area contributed by atoms with Crippen LogP contribution >= 0.6 is 0 Å². The minimum Gasteiger partial charge on any atom is -0.381 e. The van der Waals surface area contributed by atoms with Crippen molar-refractivity contribution in [2.24, 2.45) is 0 Å². The van der Waals surface area contributed by atoms with Crippen molar-refractivity contribution in [2.75, 3.05) is 5.73 Å². The number of hydrogen-bond donors (Lipinski definition) is 2. The maximum absolute atomic E-state index is 14.2. The van der Waals surface area contributed by atoms with Crippen LogP contribution in [-0.2, 0) is 0 Å². The summed E-state index contributed by atoms with van der Waals surface area (Å²) in [7, 11) is 0. The van der Waals surface area contributed by atoms with Gasteiger partial charge in [0.15, 0.2) is 11.5 Å². The fourth-order valence-corrected chi connectivity index (χ4v) is 4.77. The Bertz CT molecular complexity index is 1860. The topological polar surface area (TPSA) is 120 Å². The number of carbonyl (C=O) groups excluding carboxylic acids is 1. The monoisotopic (exact) mass is 501 g/mol. The summed E-state index contributed by atoms with van der Waals surface area (Å²) in [5.74, 6) is -0.353. The highest BCUT2D eigenvalue weighted by atomic mass is 16.2. The molecule has 6 aromatic rings. The van der Waals surface area contributed by atoms with Crippen molar-refractivity contribution < 1.29 is 4.79 Å². The molecule has 0 aliphatic rings. The Labute approximate surface area is 217 Å². The van der Waals surface area contributed by atoms with E-state index < -0.39 is 11.9 Å². The summed E-state index contributed by atoms with van der Waals surface area (Å²) in [5, 5.41) is 8.51. The van der Waals surface area contributed by atoms with Gasteiger partial charge in [-0.1, -0.05) is 42.5 Å². The molecule has 0 saturated carbocycles. The molecule has 1 amide bonds. The van der Waals surface area contributed by atoms with Crippen LogP contribution in [0.1, 0.15) is 29.0 Å². The fraction of sp³-hybridized carbons (Fsp3) is 0.0690. The third-order valence-corrected chi connectivity index (χ3v) is 6.50. The lowest BCUT2D eigenvalue weighted by Crippen LogP contribution is -2.32. The van der Waals surface area contributed by atoms with Gasteiger partial charge in [-0.2, -0.15) is 0 Å². The zero-order chi connectivity index (χ0) is 26.2. The molecule has 2 aromatic carbocycles. The Kier molecular flexibility index (Phi) is 5.65. The normalized spacial score (nSPS) is 12.0. The number of carbonyl (C=O) groups is 1. The maximum atomic E-state index is 14.2. The van der Waals surface area contributed by atoms with E-state index in [1.165, 1.54) is 4.52 Å². The van der Waals surface area contributed by atoms with Crippen molar-refractivity contribution in [3.05, 3.63) is 119 Å². The van der Waals surface area contributed by atoms with Crippen molar-refractivity contribution >= 4 is 28.1 Å². The molecule has 0 radical (unpaired) electrons. The van der Waals surface area contributed by atoms with E-state index in [2.05, 4.69) is 20.4 Å². The molecule has 0 spiro atoms. The van der Waals surface area contributed by atoms with Crippen LogP contribution in [-0.4, -0.2) is 30.1 Å². The van der Waals surface area contributed by atoms with Crippen LogP contribution in [0.25, 0.3) is 33.2 Å². The van der Waals surface area contributed by atoms with Gasteiger partial charge in [-0.3, -0.25) is 19.1 Å². The van der Waals surface area contributed by atoms with E-state index >= 15 is 0 Å². The average Bonchev–Trinajstić information content (AvgIpc) is 3.29. The Hall–Kier alpha value is -5.31. The highest BCUT2D eigenvalue weighted by Crippen LogP contribution is 2.29. The summed E-state index contributed by atoms with van der Waals surface area (Å²) in [4.78, 5) is 36.1. The summed E-state index contributed by atoms with van der Waals surface area (Å²) in [6, 6.07) is 22.0. The number of para-hydroxylation sites is 1. The Balaban J connectivity index is 1.51. The first-order valence-corrected chi connectivity index (χ1v) is 12.1. The first-order valence-electron chi connectivity index (χ1n) is 12.1. The van der Waals surface area contributed by atoms with Crippen LogP contribution in [0.4, 0.5) is 5.82 Å². The van der Waals surface area contributed by atoms with Crippen molar-refractivity contribution in [3.8, 4) is 16.8 Å². The minimum atomic E-state index is -0.556. The van der Waals surface area contributed by atoms with Gasteiger partial charge in [0.1, 0.15) is 5.56 Å². The number of pyridine rings is 2. The number of nitrogens with two attached hydrogens (primary N) is 1. The average molecular weight is 502 g/mol. The molecule has 0 aliphatic heterocycles. The molecule has 6 rings (SSSR count). The van der Waals surface area contributed by atoms with Crippen LogP contribution in [0.5, 0.6) is 0 Å². The molecule has 3 N–H and O–H groups in total. The number of aromatic nitrogens is 5. The molecule has 186 valence electrons. The van der Waals surface area contributed by atoms with Gasteiger partial charge in [0, 0.05) is 41.7 Å². The largest absolute Gasteiger partial charge is 0.381 e. The van der Waals surface area contributed by atoms with E-state index in [9.17, 15) is 9.59 Å². The zero-order valence-electron chi connectivity index (χ0n) is 20.4. The van der Waals surface area contributed by atoms with Gasteiger partial charge in [0.05, 0.1) is 11.4 Å². The van der Waals surface area contributed by atoms with Crippen LogP contribution < -0.4 is 16.6 Å². The number of nitrogens with one attached hydrogen (secondary N) is 1. The Morgan fingerprint density at radius 1 is 1.00 bits per heavy atom. The van der Waals surface area contributed by atoms with Gasteiger partial charge in [0.25, 0.3) is 11.5 Å². The van der Waals surface area contributed by atoms with Crippen LogP contribution in [0.2, 0.25) is 0 Å². The van der Waals surface area contributed by atoms with Gasteiger partial charge in [0.2, 0.25) is 0 Å². The molecule has 0 bridgehead atoms. The molecule has 0 unspecified atom stereocenters. The Morgan fingerprint density at radius 3 is 2.63 bits per heavy atom. The highest BCUT2D eigenvalue weighted by molar-refractivity contribution is 6.04. The number of benzene rings is 2. The van der Waals surface area contributed by atoms with Gasteiger partial charge < -0.3 is 11.1 Å². The molecule has 9 nitrogen and oxygen atoms in total. The predicted molar refractivity (Wildman–Crippen MR) is 146 cm³/mol. The second-order valence-corrected chi connectivity index (χ2v) is 8.90. The number of nitrogen functional groups attached to an aromatic ring is 1. The second kappa shape index (κ2) is 9.29. The summed E-state index contributed by atoms with van der Waals surface area (Å²) >= 11 is 0. The molecular weight excluding hydrogens is 478 g/mol. The number of hydrogen-bond acceptors (Lipinski definition) is 6. The summed E-state index contributed by atoms with van der Waals surface area (Å²) in [5.41, 5.74) is 9.36. The van der Waals surface area contributed by atoms with Crippen molar-refractivity contribution in [1.29, 1.82) is 0 Å². The smallest absolute Gasteiger partial charge is 0.263 e. The minimum absolute atomic E-state index is 0.0773. The zero-order valence-corrected chi connectivity index (χ0v) is 20.4. The lowest BCUT2D eigenvalue weighted by Gasteiger charge is -2.21. The number of amides is 1. The summed E-state index contributed by atoms with van der Waals surface area (Å²) < 4.78 is 3.11. The molecule has 4 heterocycles. The summed E-state index contributed by atoms with van der Waals surface area (Å²) in [6.07, 6.45) is 6.69.